The number of phenols is 1. The number of hydrogen-bond donors (Lipinski definition) is 1. The van der Waals surface area contributed by atoms with E-state index in [2.05, 4.69) is 18.8 Å². The number of phenolic OH excluding ortho intramolecular Hbond substituents is 1. The van der Waals surface area contributed by atoms with Crippen LogP contribution in [0.4, 0.5) is 0 Å². The van der Waals surface area contributed by atoms with Crippen LogP contribution < -0.4 is 4.74 Å². The van der Waals surface area contributed by atoms with Crippen LogP contribution in [-0.2, 0) is 16.0 Å². The van der Waals surface area contributed by atoms with Crippen molar-refractivity contribution in [1.29, 1.82) is 0 Å². The van der Waals surface area contributed by atoms with Crippen LogP contribution in [0.1, 0.15) is 61.8 Å². The normalized spacial score (nSPS) is 12.1. The number of methoxy groups -OCH3 is 1. The molecule has 0 amide bonds. The molecule has 0 saturated heterocycles. The standard InChI is InChI=1S/C25H29NO5/c1-15(2)23-24(31-25(26-23)19-6-10-20(27)11-7-19)17(4)30-21-12-8-18(16(3)14-21)9-13-22(28)29-5/h6-8,10-12,14-15,17,27H,9,13H2,1-5H3. The lowest BCUT2D eigenvalue weighted by Gasteiger charge is -2.16. The maximum atomic E-state index is 11.4. The molecule has 0 radical (unpaired) electrons. The van der Waals surface area contributed by atoms with Gasteiger partial charge in [0.2, 0.25) is 5.89 Å². The highest BCUT2D eigenvalue weighted by Gasteiger charge is 2.23. The zero-order valence-corrected chi connectivity index (χ0v) is 18.6. The van der Waals surface area contributed by atoms with Crippen molar-refractivity contribution < 1.29 is 23.8 Å². The second-order valence-electron chi connectivity index (χ2n) is 7.89. The Bertz CT molecular complexity index is 1040. The second-order valence-corrected chi connectivity index (χ2v) is 7.89. The first-order valence-corrected chi connectivity index (χ1v) is 10.4. The average Bonchev–Trinajstić information content (AvgIpc) is 3.19. The predicted octanol–water partition coefficient (Wildman–Crippen LogP) is 5.72. The van der Waals surface area contributed by atoms with Gasteiger partial charge in [-0.15, -0.1) is 0 Å². The van der Waals surface area contributed by atoms with E-state index in [9.17, 15) is 9.90 Å². The summed E-state index contributed by atoms with van der Waals surface area (Å²) < 4.78 is 17.0. The highest BCUT2D eigenvalue weighted by molar-refractivity contribution is 5.69. The third kappa shape index (κ3) is 5.45. The van der Waals surface area contributed by atoms with E-state index >= 15 is 0 Å². The Morgan fingerprint density at radius 2 is 1.84 bits per heavy atom. The van der Waals surface area contributed by atoms with Gasteiger partial charge in [-0.3, -0.25) is 4.79 Å². The van der Waals surface area contributed by atoms with Crippen LogP contribution in [0, 0.1) is 6.92 Å². The van der Waals surface area contributed by atoms with Gasteiger partial charge in [0, 0.05) is 12.0 Å². The summed E-state index contributed by atoms with van der Waals surface area (Å²) in [4.78, 5) is 16.1. The number of hydrogen-bond acceptors (Lipinski definition) is 6. The molecule has 0 saturated carbocycles. The number of aromatic hydroxyl groups is 1. The molecular formula is C25H29NO5. The third-order valence-corrected chi connectivity index (χ3v) is 5.16. The molecule has 0 aliphatic heterocycles. The third-order valence-electron chi connectivity index (χ3n) is 5.16. The molecule has 0 bridgehead atoms. The van der Waals surface area contributed by atoms with Gasteiger partial charge in [0.15, 0.2) is 11.9 Å². The first-order valence-electron chi connectivity index (χ1n) is 10.4. The highest BCUT2D eigenvalue weighted by Crippen LogP contribution is 2.33. The molecule has 1 atom stereocenters. The quantitative estimate of drug-likeness (QED) is 0.466. The van der Waals surface area contributed by atoms with Crippen LogP contribution in [0.2, 0.25) is 0 Å². The van der Waals surface area contributed by atoms with Crippen LogP contribution in [0.25, 0.3) is 11.5 Å². The van der Waals surface area contributed by atoms with Gasteiger partial charge in [-0.05, 0) is 73.7 Å². The van der Waals surface area contributed by atoms with Gasteiger partial charge in [-0.25, -0.2) is 4.98 Å². The van der Waals surface area contributed by atoms with E-state index < -0.39 is 0 Å². The number of ether oxygens (including phenoxy) is 2. The molecule has 164 valence electrons. The van der Waals surface area contributed by atoms with Crippen molar-refractivity contribution in [3.8, 4) is 23.0 Å². The lowest BCUT2D eigenvalue weighted by molar-refractivity contribution is -0.140. The minimum atomic E-state index is -0.337. The summed E-state index contributed by atoms with van der Waals surface area (Å²) in [5.74, 6) is 2.06. The summed E-state index contributed by atoms with van der Waals surface area (Å²) in [5, 5.41) is 9.53. The molecule has 2 aromatic carbocycles. The van der Waals surface area contributed by atoms with E-state index in [4.69, 9.17) is 13.9 Å². The van der Waals surface area contributed by atoms with Crippen LogP contribution in [0.3, 0.4) is 0 Å². The van der Waals surface area contributed by atoms with Crippen LogP contribution in [-0.4, -0.2) is 23.2 Å². The molecule has 3 rings (SSSR count). The number of carbonyl (C=O) groups is 1. The monoisotopic (exact) mass is 423 g/mol. The zero-order valence-electron chi connectivity index (χ0n) is 18.6. The fourth-order valence-corrected chi connectivity index (χ4v) is 3.39. The molecule has 1 N–H and O–H groups in total. The molecular weight excluding hydrogens is 394 g/mol. The molecule has 0 aliphatic carbocycles. The van der Waals surface area contributed by atoms with Gasteiger partial charge < -0.3 is 19.0 Å². The van der Waals surface area contributed by atoms with Crippen molar-refractivity contribution >= 4 is 5.97 Å². The van der Waals surface area contributed by atoms with Gasteiger partial charge in [0.05, 0.1) is 12.8 Å². The Morgan fingerprint density at radius 1 is 1.13 bits per heavy atom. The lowest BCUT2D eigenvalue weighted by Crippen LogP contribution is -2.07. The highest BCUT2D eigenvalue weighted by atomic mass is 16.5. The molecule has 1 aromatic heterocycles. The van der Waals surface area contributed by atoms with Gasteiger partial charge in [0.1, 0.15) is 11.5 Å². The molecule has 31 heavy (non-hydrogen) atoms. The molecule has 6 nitrogen and oxygen atoms in total. The number of aryl methyl sites for hydroxylation is 2. The molecule has 1 heterocycles. The zero-order chi connectivity index (χ0) is 22.5. The molecule has 3 aromatic rings. The van der Waals surface area contributed by atoms with Crippen molar-refractivity contribution in [2.45, 2.75) is 52.6 Å². The smallest absolute Gasteiger partial charge is 0.305 e. The van der Waals surface area contributed by atoms with Crippen LogP contribution >= 0.6 is 0 Å². The van der Waals surface area contributed by atoms with Crippen molar-refractivity contribution in [1.82, 2.24) is 4.98 Å². The number of benzene rings is 2. The number of oxazole rings is 1. The van der Waals surface area contributed by atoms with E-state index in [-0.39, 0.29) is 23.7 Å². The minimum Gasteiger partial charge on any atom is -0.508 e. The van der Waals surface area contributed by atoms with E-state index in [0.29, 0.717) is 24.5 Å². The Hall–Kier alpha value is -3.28. The van der Waals surface area contributed by atoms with Gasteiger partial charge in [-0.2, -0.15) is 0 Å². The first-order chi connectivity index (χ1) is 14.8. The van der Waals surface area contributed by atoms with E-state index in [1.165, 1.54) is 7.11 Å². The van der Waals surface area contributed by atoms with Gasteiger partial charge in [0.25, 0.3) is 0 Å². The Kier molecular flexibility index (Phi) is 7.00. The maximum Gasteiger partial charge on any atom is 0.305 e. The topological polar surface area (TPSA) is 81.8 Å². The fraction of sp³-hybridized carbons (Fsp3) is 0.360. The SMILES string of the molecule is COC(=O)CCc1ccc(OC(C)c2oc(-c3ccc(O)cc3)nc2C(C)C)cc1C. The summed E-state index contributed by atoms with van der Waals surface area (Å²) in [6, 6.07) is 12.6. The maximum absolute atomic E-state index is 11.4. The summed E-state index contributed by atoms with van der Waals surface area (Å²) in [5.41, 5.74) is 3.79. The second kappa shape index (κ2) is 9.69. The number of carbonyl (C=O) groups excluding carboxylic acids is 1. The molecule has 1 unspecified atom stereocenters. The van der Waals surface area contributed by atoms with Gasteiger partial charge in [-0.1, -0.05) is 19.9 Å². The molecule has 0 fully saturated rings. The van der Waals surface area contributed by atoms with E-state index in [1.54, 1.807) is 24.3 Å². The Morgan fingerprint density at radius 3 is 2.45 bits per heavy atom. The average molecular weight is 424 g/mol. The summed E-state index contributed by atoms with van der Waals surface area (Å²) >= 11 is 0. The number of aromatic nitrogens is 1. The number of nitrogens with zero attached hydrogens (tertiary/aromatic N) is 1. The summed E-state index contributed by atoms with van der Waals surface area (Å²) in [6.45, 7) is 8.07. The van der Waals surface area contributed by atoms with Crippen molar-refractivity contribution in [3.63, 3.8) is 0 Å². The van der Waals surface area contributed by atoms with Crippen molar-refractivity contribution in [3.05, 3.63) is 65.0 Å². The summed E-state index contributed by atoms with van der Waals surface area (Å²) in [7, 11) is 1.40. The number of rotatable bonds is 8. The predicted molar refractivity (Wildman–Crippen MR) is 118 cm³/mol. The summed E-state index contributed by atoms with van der Waals surface area (Å²) in [6.07, 6.45) is 0.643. The fourth-order valence-electron chi connectivity index (χ4n) is 3.39. The minimum absolute atomic E-state index is 0.165. The van der Waals surface area contributed by atoms with Crippen molar-refractivity contribution in [2.24, 2.45) is 0 Å². The van der Waals surface area contributed by atoms with Crippen molar-refractivity contribution in [2.75, 3.05) is 7.11 Å². The van der Waals surface area contributed by atoms with E-state index in [1.807, 2.05) is 32.0 Å². The Labute approximate surface area is 182 Å². The van der Waals surface area contributed by atoms with Gasteiger partial charge >= 0.3 is 5.97 Å². The Balaban J connectivity index is 1.79. The van der Waals surface area contributed by atoms with Crippen LogP contribution in [0.15, 0.2) is 46.9 Å². The first kappa shape index (κ1) is 22.4. The molecule has 6 heteroatoms. The van der Waals surface area contributed by atoms with Crippen LogP contribution in [0.5, 0.6) is 11.5 Å². The molecule has 0 aliphatic rings. The molecule has 0 spiro atoms. The van der Waals surface area contributed by atoms with E-state index in [0.717, 1.165) is 28.1 Å². The largest absolute Gasteiger partial charge is 0.508 e. The number of esters is 1. The lowest BCUT2D eigenvalue weighted by atomic mass is 10.0.